The predicted octanol–water partition coefficient (Wildman–Crippen LogP) is -1.67. The molecule has 1 unspecified atom stereocenters. The van der Waals surface area contributed by atoms with Crippen LogP contribution in [0, 0.1) is 0 Å². The average molecular weight is 159 g/mol. The van der Waals surface area contributed by atoms with Crippen molar-refractivity contribution in [1.29, 1.82) is 0 Å². The van der Waals surface area contributed by atoms with Gasteiger partial charge in [-0.3, -0.25) is 0 Å². The third kappa shape index (κ3) is 2.06. The molecule has 11 heavy (non-hydrogen) atoms. The van der Waals surface area contributed by atoms with E-state index in [1.54, 1.807) is 0 Å². The Balaban J connectivity index is 2.39. The van der Waals surface area contributed by atoms with Gasteiger partial charge in [-0.1, -0.05) is 0 Å². The number of nitrogens with two attached hydrogens (primary N) is 1. The average Bonchev–Trinajstić information content (AvgIpc) is 2.05. The van der Waals surface area contributed by atoms with Crippen LogP contribution in [0.3, 0.4) is 0 Å². The van der Waals surface area contributed by atoms with Crippen LogP contribution in [0.15, 0.2) is 0 Å². The molecule has 0 aromatic heterocycles. The van der Waals surface area contributed by atoms with E-state index in [4.69, 9.17) is 10.8 Å². The van der Waals surface area contributed by atoms with Gasteiger partial charge in [0.05, 0.1) is 6.61 Å². The quantitative estimate of drug-likeness (QED) is 0.428. The lowest BCUT2D eigenvalue weighted by Gasteiger charge is -2.31. The van der Waals surface area contributed by atoms with E-state index in [0.717, 1.165) is 0 Å². The number of piperazine rings is 1. The maximum absolute atomic E-state index is 10.7. The van der Waals surface area contributed by atoms with Crippen molar-refractivity contribution in [3.05, 3.63) is 0 Å². The van der Waals surface area contributed by atoms with Crippen LogP contribution in [0.5, 0.6) is 0 Å². The molecule has 1 atom stereocenters. The summed E-state index contributed by atoms with van der Waals surface area (Å²) in [6.45, 7) is 1.88. The zero-order valence-corrected chi connectivity index (χ0v) is 6.29. The Bertz CT molecular complexity index is 151. The van der Waals surface area contributed by atoms with Crippen molar-refractivity contribution in [1.82, 2.24) is 10.2 Å². The molecule has 0 radical (unpaired) electrons. The van der Waals surface area contributed by atoms with E-state index in [1.165, 1.54) is 4.90 Å². The molecule has 5 heteroatoms. The van der Waals surface area contributed by atoms with Gasteiger partial charge >= 0.3 is 6.03 Å². The summed E-state index contributed by atoms with van der Waals surface area (Å²) in [5, 5.41) is 11.8. The van der Waals surface area contributed by atoms with Gasteiger partial charge < -0.3 is 21.1 Å². The molecular weight excluding hydrogens is 146 g/mol. The summed E-state index contributed by atoms with van der Waals surface area (Å²) in [7, 11) is 0. The smallest absolute Gasteiger partial charge is 0.314 e. The molecule has 4 N–H and O–H groups in total. The number of rotatable bonds is 1. The summed E-state index contributed by atoms with van der Waals surface area (Å²) < 4.78 is 0. The van der Waals surface area contributed by atoms with Gasteiger partial charge in [0.1, 0.15) is 0 Å². The van der Waals surface area contributed by atoms with Crippen molar-refractivity contribution in [2.75, 3.05) is 26.2 Å². The lowest BCUT2D eigenvalue weighted by molar-refractivity contribution is 0.156. The first kappa shape index (κ1) is 8.29. The molecule has 64 valence electrons. The Hall–Kier alpha value is -0.810. The first-order valence-corrected chi connectivity index (χ1v) is 3.62. The van der Waals surface area contributed by atoms with Crippen LogP contribution < -0.4 is 11.1 Å². The van der Waals surface area contributed by atoms with Crippen LogP contribution in [0.2, 0.25) is 0 Å². The number of urea groups is 1. The van der Waals surface area contributed by atoms with E-state index in [2.05, 4.69) is 5.32 Å². The number of hydrogen-bond acceptors (Lipinski definition) is 3. The molecule has 0 spiro atoms. The molecule has 1 heterocycles. The number of nitrogens with one attached hydrogen (secondary N) is 1. The van der Waals surface area contributed by atoms with Gasteiger partial charge in [-0.15, -0.1) is 0 Å². The SMILES string of the molecule is NC(=O)N1CCNC(CO)C1. The standard InChI is InChI=1S/C6H13N3O2/c7-6(11)9-2-1-8-5(3-9)4-10/h5,8,10H,1-4H2,(H2,7,11). The van der Waals surface area contributed by atoms with Crippen molar-refractivity contribution in [2.45, 2.75) is 6.04 Å². The van der Waals surface area contributed by atoms with Crippen molar-refractivity contribution in [2.24, 2.45) is 5.73 Å². The van der Waals surface area contributed by atoms with Gasteiger partial charge in [-0.2, -0.15) is 0 Å². The van der Waals surface area contributed by atoms with Crippen LogP contribution in [-0.4, -0.2) is 48.3 Å². The third-order valence-electron chi connectivity index (χ3n) is 1.79. The van der Waals surface area contributed by atoms with Crippen molar-refractivity contribution in [3.63, 3.8) is 0 Å². The summed E-state index contributed by atoms with van der Waals surface area (Å²) >= 11 is 0. The van der Waals surface area contributed by atoms with Gasteiger partial charge in [-0.05, 0) is 0 Å². The third-order valence-corrected chi connectivity index (χ3v) is 1.79. The second kappa shape index (κ2) is 3.54. The Kier molecular flexibility index (Phi) is 2.67. The van der Waals surface area contributed by atoms with E-state index in [9.17, 15) is 4.79 Å². The van der Waals surface area contributed by atoms with Crippen LogP contribution in [0.4, 0.5) is 4.79 Å². The summed E-state index contributed by atoms with van der Waals surface area (Å²) in [6, 6.07) is -0.429. The van der Waals surface area contributed by atoms with Crippen LogP contribution in [-0.2, 0) is 0 Å². The van der Waals surface area contributed by atoms with Crippen molar-refractivity contribution in [3.8, 4) is 0 Å². The normalized spacial score (nSPS) is 25.2. The van der Waals surface area contributed by atoms with E-state index >= 15 is 0 Å². The van der Waals surface area contributed by atoms with Gasteiger partial charge in [-0.25, -0.2) is 4.79 Å². The van der Waals surface area contributed by atoms with Crippen molar-refractivity contribution < 1.29 is 9.90 Å². The number of aliphatic hydroxyl groups excluding tert-OH is 1. The number of amides is 2. The van der Waals surface area contributed by atoms with Gasteiger partial charge in [0, 0.05) is 25.7 Å². The Morgan fingerprint density at radius 2 is 2.55 bits per heavy atom. The maximum Gasteiger partial charge on any atom is 0.314 e. The number of primary amides is 1. The van der Waals surface area contributed by atoms with Crippen LogP contribution in [0.1, 0.15) is 0 Å². The van der Waals surface area contributed by atoms with Gasteiger partial charge in [0.25, 0.3) is 0 Å². The monoisotopic (exact) mass is 159 g/mol. The van der Waals surface area contributed by atoms with E-state index in [0.29, 0.717) is 19.6 Å². The van der Waals surface area contributed by atoms with Crippen LogP contribution in [0.25, 0.3) is 0 Å². The van der Waals surface area contributed by atoms with E-state index < -0.39 is 6.03 Å². The second-order valence-corrected chi connectivity index (χ2v) is 2.62. The number of carbonyl (C=O) groups excluding carboxylic acids is 1. The first-order chi connectivity index (χ1) is 5.24. The highest BCUT2D eigenvalue weighted by molar-refractivity contribution is 5.72. The Labute approximate surface area is 65.2 Å². The number of nitrogens with zero attached hydrogens (tertiary/aromatic N) is 1. The summed E-state index contributed by atoms with van der Waals surface area (Å²) in [5.74, 6) is 0. The number of carbonyl (C=O) groups is 1. The minimum atomic E-state index is -0.412. The van der Waals surface area contributed by atoms with E-state index in [-0.39, 0.29) is 12.6 Å². The zero-order valence-electron chi connectivity index (χ0n) is 6.29. The highest BCUT2D eigenvalue weighted by Gasteiger charge is 2.20. The zero-order chi connectivity index (χ0) is 8.27. The number of hydrogen-bond donors (Lipinski definition) is 3. The minimum Gasteiger partial charge on any atom is -0.395 e. The molecule has 1 aliphatic heterocycles. The highest BCUT2D eigenvalue weighted by atomic mass is 16.3. The Morgan fingerprint density at radius 3 is 3.09 bits per heavy atom. The number of aliphatic hydroxyl groups is 1. The van der Waals surface area contributed by atoms with Crippen molar-refractivity contribution >= 4 is 6.03 Å². The molecule has 1 fully saturated rings. The first-order valence-electron chi connectivity index (χ1n) is 3.62. The molecule has 0 aromatic rings. The van der Waals surface area contributed by atoms with Gasteiger partial charge in [0.2, 0.25) is 0 Å². The fourth-order valence-corrected chi connectivity index (χ4v) is 1.15. The topological polar surface area (TPSA) is 78.6 Å². The largest absolute Gasteiger partial charge is 0.395 e. The predicted molar refractivity (Wildman–Crippen MR) is 40.0 cm³/mol. The fourth-order valence-electron chi connectivity index (χ4n) is 1.15. The second-order valence-electron chi connectivity index (χ2n) is 2.62. The summed E-state index contributed by atoms with van der Waals surface area (Å²) in [6.07, 6.45) is 0. The summed E-state index contributed by atoms with van der Waals surface area (Å²) in [4.78, 5) is 12.2. The molecule has 0 bridgehead atoms. The Morgan fingerprint density at radius 1 is 1.82 bits per heavy atom. The lowest BCUT2D eigenvalue weighted by Crippen LogP contribution is -2.55. The molecule has 5 nitrogen and oxygen atoms in total. The lowest BCUT2D eigenvalue weighted by atomic mass is 10.2. The molecule has 1 aliphatic rings. The molecular formula is C6H13N3O2. The van der Waals surface area contributed by atoms with E-state index in [1.807, 2.05) is 0 Å². The molecule has 1 saturated heterocycles. The summed E-state index contributed by atoms with van der Waals surface area (Å²) in [5.41, 5.74) is 5.06. The van der Waals surface area contributed by atoms with Crippen LogP contribution >= 0.6 is 0 Å². The maximum atomic E-state index is 10.7. The molecule has 0 aliphatic carbocycles. The van der Waals surface area contributed by atoms with Gasteiger partial charge in [0.15, 0.2) is 0 Å². The molecule has 0 saturated carbocycles. The molecule has 2 amide bonds. The fraction of sp³-hybridized carbons (Fsp3) is 0.833. The molecule has 0 aromatic carbocycles. The highest BCUT2D eigenvalue weighted by Crippen LogP contribution is 1.96. The molecule has 1 rings (SSSR count). The minimum absolute atomic E-state index is 0.0174.